The molecule has 2 heterocycles. The van der Waals surface area contributed by atoms with Crippen molar-refractivity contribution in [1.29, 1.82) is 0 Å². The van der Waals surface area contributed by atoms with E-state index in [4.69, 9.17) is 0 Å². The second-order valence-electron chi connectivity index (χ2n) is 2.47. The van der Waals surface area contributed by atoms with E-state index in [1.54, 1.807) is 8.94 Å². The van der Waals surface area contributed by atoms with Gasteiger partial charge < -0.3 is 0 Å². The van der Waals surface area contributed by atoms with Crippen LogP contribution in [0.2, 0.25) is 0 Å². The van der Waals surface area contributed by atoms with Crippen molar-refractivity contribution in [2.75, 3.05) is 0 Å². The van der Waals surface area contributed by atoms with Crippen LogP contribution in [-0.2, 0) is 0 Å². The molecule has 0 saturated heterocycles. The standard InChI is InChI=1S/C8H8Se2Te2/c1-5-3-11-7(9-5)8-10-6(2)4-12-8/h3-4H,1-2H3/b8-7+. The van der Waals surface area contributed by atoms with Crippen LogP contribution in [-0.4, -0.2) is 71.8 Å². The predicted molar refractivity (Wildman–Crippen MR) is 57.6 cm³/mol. The van der Waals surface area contributed by atoms with Crippen LogP contribution in [0.25, 0.3) is 0 Å². The molecule has 0 atom stereocenters. The summed E-state index contributed by atoms with van der Waals surface area (Å²) in [6.07, 6.45) is 0. The Bertz CT molecular complexity index is 272. The second kappa shape index (κ2) is 4.57. The minimum atomic E-state index is 0.194. The first-order valence-corrected chi connectivity index (χ1v) is 12.0. The van der Waals surface area contributed by atoms with Gasteiger partial charge in [0, 0.05) is 0 Å². The normalized spacial score (nSPS) is 29.2. The van der Waals surface area contributed by atoms with Crippen molar-refractivity contribution < 1.29 is 0 Å². The van der Waals surface area contributed by atoms with E-state index in [1.807, 2.05) is 5.04 Å². The van der Waals surface area contributed by atoms with Gasteiger partial charge >= 0.3 is 108 Å². The van der Waals surface area contributed by atoms with Gasteiger partial charge in [-0.3, -0.25) is 0 Å². The molecule has 0 saturated carbocycles. The number of allylic oxidation sites excluding steroid dienone is 2. The van der Waals surface area contributed by atoms with E-state index < -0.39 is 0 Å². The maximum atomic E-state index is 2.56. The van der Waals surface area contributed by atoms with Gasteiger partial charge in [-0.2, -0.15) is 0 Å². The molecule has 2 aliphatic rings. The quantitative estimate of drug-likeness (QED) is 0.415. The Balaban J connectivity index is 2.11. The average Bonchev–Trinajstić information content (AvgIpc) is 2.58. The van der Waals surface area contributed by atoms with Crippen molar-refractivity contribution in [3.63, 3.8) is 0 Å². The van der Waals surface area contributed by atoms with Crippen molar-refractivity contribution in [2.24, 2.45) is 0 Å². The van der Waals surface area contributed by atoms with Gasteiger partial charge in [0.1, 0.15) is 0 Å². The van der Waals surface area contributed by atoms with E-state index >= 15 is 0 Å². The van der Waals surface area contributed by atoms with E-state index in [1.165, 1.54) is 0 Å². The third-order valence-electron chi connectivity index (χ3n) is 1.34. The van der Waals surface area contributed by atoms with Crippen molar-refractivity contribution >= 4 is 71.8 Å². The summed E-state index contributed by atoms with van der Waals surface area (Å²) in [4.78, 5) is 0. The van der Waals surface area contributed by atoms with Gasteiger partial charge in [-0.15, -0.1) is 0 Å². The van der Waals surface area contributed by atoms with Crippen LogP contribution >= 0.6 is 0 Å². The summed E-state index contributed by atoms with van der Waals surface area (Å²) in [5.41, 5.74) is 0. The molecule has 0 N–H and O–H groups in total. The summed E-state index contributed by atoms with van der Waals surface area (Å²) in [6, 6.07) is 0. The van der Waals surface area contributed by atoms with Crippen LogP contribution in [0, 0.1) is 0 Å². The Morgan fingerprint density at radius 2 is 1.33 bits per heavy atom. The van der Waals surface area contributed by atoms with E-state index in [-0.39, 0.29) is 41.8 Å². The monoisotopic (exact) mass is 524 g/mol. The Morgan fingerprint density at radius 1 is 0.917 bits per heavy atom. The minimum absolute atomic E-state index is 0.194. The fraction of sp³-hybridized carbons (Fsp3) is 0.250. The molecule has 0 aliphatic carbocycles. The molecule has 2 rings (SSSR count). The zero-order chi connectivity index (χ0) is 8.55. The molecule has 2 aliphatic heterocycles. The summed E-state index contributed by atoms with van der Waals surface area (Å²) < 4.78 is 12.5. The van der Waals surface area contributed by atoms with Crippen LogP contribution in [0.3, 0.4) is 0 Å². The molecule has 0 spiro atoms. The molecule has 0 unspecified atom stereocenters. The van der Waals surface area contributed by atoms with Crippen LogP contribution in [0.15, 0.2) is 22.2 Å². The van der Waals surface area contributed by atoms with E-state index in [2.05, 4.69) is 22.1 Å². The van der Waals surface area contributed by atoms with Gasteiger partial charge in [0.15, 0.2) is 0 Å². The molecule has 0 aromatic carbocycles. The molecule has 0 nitrogen and oxygen atoms in total. The number of hydrogen-bond donors (Lipinski definition) is 0. The number of hydrogen-bond acceptors (Lipinski definition) is 0. The van der Waals surface area contributed by atoms with E-state index in [9.17, 15) is 0 Å². The molecule has 12 heavy (non-hydrogen) atoms. The Morgan fingerprint density at radius 3 is 1.58 bits per heavy atom. The molecular weight excluding hydrogens is 509 g/mol. The van der Waals surface area contributed by atoms with Crippen LogP contribution in [0.4, 0.5) is 0 Å². The van der Waals surface area contributed by atoms with Gasteiger partial charge in [-0.25, -0.2) is 0 Å². The van der Waals surface area contributed by atoms with Gasteiger partial charge in [0.2, 0.25) is 0 Å². The van der Waals surface area contributed by atoms with Crippen molar-refractivity contribution in [3.8, 4) is 0 Å². The topological polar surface area (TPSA) is 0 Å². The average molecular weight is 517 g/mol. The molecule has 0 bridgehead atoms. The molecule has 0 aromatic rings. The molecule has 0 radical (unpaired) electrons. The molecule has 4 heteroatoms. The summed E-state index contributed by atoms with van der Waals surface area (Å²) >= 11 is 2.00. The van der Waals surface area contributed by atoms with Gasteiger partial charge in [-0.1, -0.05) is 0 Å². The Labute approximate surface area is 106 Å². The van der Waals surface area contributed by atoms with Crippen molar-refractivity contribution in [1.82, 2.24) is 0 Å². The van der Waals surface area contributed by atoms with Crippen LogP contribution in [0.5, 0.6) is 0 Å². The maximum absolute atomic E-state index is 2.56. The van der Waals surface area contributed by atoms with Gasteiger partial charge in [0.25, 0.3) is 0 Å². The van der Waals surface area contributed by atoms with Gasteiger partial charge in [0.05, 0.1) is 0 Å². The third kappa shape index (κ3) is 2.45. The Kier molecular flexibility index (Phi) is 3.95. The Hall–Kier alpha value is 1.84. The molecular formula is C8H8Se2Te2. The molecule has 64 valence electrons. The first-order chi connectivity index (χ1) is 5.75. The van der Waals surface area contributed by atoms with Crippen molar-refractivity contribution in [3.05, 3.63) is 22.2 Å². The molecule has 0 fully saturated rings. The van der Waals surface area contributed by atoms with Crippen LogP contribution < -0.4 is 0 Å². The summed E-state index contributed by atoms with van der Waals surface area (Å²) in [6.45, 7) is 4.64. The summed E-state index contributed by atoms with van der Waals surface area (Å²) in [7, 11) is 0. The summed E-state index contributed by atoms with van der Waals surface area (Å²) in [5.74, 6) is 0. The zero-order valence-corrected chi connectivity index (χ0v) is 14.9. The van der Waals surface area contributed by atoms with E-state index in [0.717, 1.165) is 29.9 Å². The second-order valence-corrected chi connectivity index (χ2v) is 16.4. The third-order valence-corrected chi connectivity index (χ3v) is 20.9. The number of rotatable bonds is 0. The fourth-order valence-corrected chi connectivity index (χ4v) is 19.7. The predicted octanol–water partition coefficient (Wildman–Crippen LogP) is 0.680. The van der Waals surface area contributed by atoms with Gasteiger partial charge in [-0.05, 0) is 0 Å². The van der Waals surface area contributed by atoms with E-state index in [0.29, 0.717) is 0 Å². The fourth-order valence-electron chi connectivity index (χ4n) is 0.841. The SMILES string of the molecule is CC1=C[Te]/C(=C2\[Se]C(C)=C[Te]2)[Se]1. The zero-order valence-electron chi connectivity index (χ0n) is 6.79. The van der Waals surface area contributed by atoms with Crippen molar-refractivity contribution in [2.45, 2.75) is 13.8 Å². The molecule has 0 amide bonds. The first-order valence-electron chi connectivity index (χ1n) is 3.52. The molecule has 0 aromatic heterocycles. The summed E-state index contributed by atoms with van der Waals surface area (Å²) in [5, 5.41) is 0. The first kappa shape index (κ1) is 10.4. The van der Waals surface area contributed by atoms with Crippen LogP contribution in [0.1, 0.15) is 13.8 Å².